The van der Waals surface area contributed by atoms with E-state index in [1.54, 1.807) is 12.1 Å². The number of sulfonamides is 1. The van der Waals surface area contributed by atoms with Gasteiger partial charge in [0.05, 0.1) is 24.2 Å². The van der Waals surface area contributed by atoms with Crippen LogP contribution in [0, 0.1) is 0 Å². The van der Waals surface area contributed by atoms with E-state index in [1.165, 1.54) is 17.7 Å². The highest BCUT2D eigenvalue weighted by Crippen LogP contribution is 2.15. The molecule has 2 fully saturated rings. The molecule has 2 aliphatic heterocycles. The number of rotatable bonds is 9. The largest absolute Gasteiger partial charge is 0.379 e. The van der Waals surface area contributed by atoms with Crippen molar-refractivity contribution < 1.29 is 22.7 Å². The highest BCUT2D eigenvalue weighted by Gasteiger charge is 2.21. The van der Waals surface area contributed by atoms with Gasteiger partial charge in [0.1, 0.15) is 0 Å². The minimum Gasteiger partial charge on any atom is -0.379 e. The number of morpholine rings is 1. The first-order valence-electron chi connectivity index (χ1n) is 11.4. The van der Waals surface area contributed by atoms with Crippen molar-refractivity contribution in [3.8, 4) is 0 Å². The molecule has 1 atom stereocenters. The Kier molecular flexibility index (Phi) is 8.11. The summed E-state index contributed by atoms with van der Waals surface area (Å²) in [6.45, 7) is 5.59. The van der Waals surface area contributed by atoms with Gasteiger partial charge in [0, 0.05) is 44.9 Å². The van der Waals surface area contributed by atoms with Crippen LogP contribution in [0.1, 0.15) is 34.3 Å². The summed E-state index contributed by atoms with van der Waals surface area (Å²) in [6.07, 6.45) is 1.70. The van der Waals surface area contributed by atoms with E-state index >= 15 is 0 Å². The summed E-state index contributed by atoms with van der Waals surface area (Å²) < 4.78 is 38.6. The highest BCUT2D eigenvalue weighted by molar-refractivity contribution is 7.89. The van der Waals surface area contributed by atoms with Crippen molar-refractivity contribution in [3.05, 3.63) is 65.2 Å². The van der Waals surface area contributed by atoms with Crippen LogP contribution in [0.4, 0.5) is 0 Å². The standard InChI is InChI=1S/C24H31N3O5S/c28-24(25-16-19-6-8-20(9-7-19)18-27-10-13-31-14-11-27)21-3-1-5-23(15-21)33(29,30)26-17-22-4-2-12-32-22/h1,3,5-9,15,22,26H,2,4,10-14,16-18H2,(H,25,28). The van der Waals surface area contributed by atoms with E-state index in [0.717, 1.165) is 51.3 Å². The van der Waals surface area contributed by atoms with E-state index in [9.17, 15) is 13.2 Å². The summed E-state index contributed by atoms with van der Waals surface area (Å²) >= 11 is 0. The quantitative estimate of drug-likeness (QED) is 0.578. The molecule has 0 aromatic heterocycles. The Labute approximate surface area is 195 Å². The average Bonchev–Trinajstić information content (AvgIpc) is 3.37. The van der Waals surface area contributed by atoms with Gasteiger partial charge in [0.2, 0.25) is 10.0 Å². The van der Waals surface area contributed by atoms with Crippen LogP contribution >= 0.6 is 0 Å². The fourth-order valence-corrected chi connectivity index (χ4v) is 5.07. The van der Waals surface area contributed by atoms with Gasteiger partial charge in [0.15, 0.2) is 0 Å². The number of nitrogens with one attached hydrogen (secondary N) is 2. The Bertz CT molecular complexity index is 1030. The number of hydrogen-bond acceptors (Lipinski definition) is 6. The Morgan fingerprint density at radius 1 is 1.03 bits per heavy atom. The van der Waals surface area contributed by atoms with E-state index in [2.05, 4.69) is 27.1 Å². The fourth-order valence-electron chi connectivity index (χ4n) is 3.96. The van der Waals surface area contributed by atoms with E-state index in [4.69, 9.17) is 9.47 Å². The predicted octanol–water partition coefficient (Wildman–Crippen LogP) is 1.91. The van der Waals surface area contributed by atoms with Crippen molar-refractivity contribution in [2.75, 3.05) is 39.5 Å². The number of amides is 1. The zero-order valence-electron chi connectivity index (χ0n) is 18.7. The molecule has 2 saturated heterocycles. The molecule has 0 saturated carbocycles. The maximum absolute atomic E-state index is 12.6. The molecule has 2 N–H and O–H groups in total. The molecule has 178 valence electrons. The summed E-state index contributed by atoms with van der Waals surface area (Å²) in [7, 11) is -3.71. The lowest BCUT2D eigenvalue weighted by Gasteiger charge is -2.26. The van der Waals surface area contributed by atoms with Gasteiger partial charge in [-0.2, -0.15) is 0 Å². The van der Waals surface area contributed by atoms with Crippen LogP contribution in [0.5, 0.6) is 0 Å². The van der Waals surface area contributed by atoms with Gasteiger partial charge in [-0.05, 0) is 42.2 Å². The fraction of sp³-hybridized carbons (Fsp3) is 0.458. The third-order valence-corrected chi connectivity index (χ3v) is 7.34. The molecule has 2 aromatic carbocycles. The molecule has 33 heavy (non-hydrogen) atoms. The highest BCUT2D eigenvalue weighted by atomic mass is 32.2. The monoisotopic (exact) mass is 473 g/mol. The maximum atomic E-state index is 12.6. The lowest BCUT2D eigenvalue weighted by Crippen LogP contribution is -2.35. The van der Waals surface area contributed by atoms with E-state index in [-0.39, 0.29) is 23.5 Å². The molecule has 1 unspecified atom stereocenters. The van der Waals surface area contributed by atoms with Gasteiger partial charge in [-0.15, -0.1) is 0 Å². The summed E-state index contributed by atoms with van der Waals surface area (Å²) in [5.41, 5.74) is 2.51. The molecule has 2 aliphatic rings. The molecule has 0 bridgehead atoms. The van der Waals surface area contributed by atoms with E-state index in [0.29, 0.717) is 18.7 Å². The average molecular weight is 474 g/mol. The molecule has 0 aliphatic carbocycles. The Balaban J connectivity index is 1.30. The minimum absolute atomic E-state index is 0.0700. The third-order valence-electron chi connectivity index (χ3n) is 5.92. The second-order valence-corrected chi connectivity index (χ2v) is 10.2. The molecule has 2 aromatic rings. The first kappa shape index (κ1) is 23.8. The normalized spacial score (nSPS) is 19.5. The van der Waals surface area contributed by atoms with Crippen LogP contribution < -0.4 is 10.0 Å². The Morgan fingerprint density at radius 3 is 2.52 bits per heavy atom. The first-order valence-corrected chi connectivity index (χ1v) is 12.9. The van der Waals surface area contributed by atoms with Gasteiger partial charge < -0.3 is 14.8 Å². The van der Waals surface area contributed by atoms with Crippen molar-refractivity contribution >= 4 is 15.9 Å². The van der Waals surface area contributed by atoms with Crippen LogP contribution in [0.15, 0.2) is 53.4 Å². The van der Waals surface area contributed by atoms with Gasteiger partial charge in [0.25, 0.3) is 5.91 Å². The van der Waals surface area contributed by atoms with E-state index in [1.807, 2.05) is 12.1 Å². The number of hydrogen-bond donors (Lipinski definition) is 2. The molecule has 4 rings (SSSR count). The lowest BCUT2D eigenvalue weighted by atomic mass is 10.1. The molecule has 1 amide bonds. The lowest BCUT2D eigenvalue weighted by molar-refractivity contribution is 0.0342. The van der Waals surface area contributed by atoms with Crippen LogP contribution in [0.3, 0.4) is 0 Å². The van der Waals surface area contributed by atoms with E-state index < -0.39 is 10.0 Å². The number of carbonyl (C=O) groups is 1. The molecule has 8 nitrogen and oxygen atoms in total. The Morgan fingerprint density at radius 2 is 1.79 bits per heavy atom. The summed E-state index contributed by atoms with van der Waals surface area (Å²) in [5.74, 6) is -0.316. The SMILES string of the molecule is O=C(NCc1ccc(CN2CCOCC2)cc1)c1cccc(S(=O)(=O)NCC2CCCO2)c1. The van der Waals surface area contributed by atoms with Crippen LogP contribution in [-0.2, 0) is 32.6 Å². The Hall–Kier alpha value is -2.30. The maximum Gasteiger partial charge on any atom is 0.251 e. The zero-order chi connectivity index (χ0) is 23.1. The van der Waals surface area contributed by atoms with Gasteiger partial charge in [-0.1, -0.05) is 30.3 Å². The topological polar surface area (TPSA) is 97.0 Å². The van der Waals surface area contributed by atoms with Crippen molar-refractivity contribution in [2.45, 2.75) is 36.9 Å². The van der Waals surface area contributed by atoms with Crippen molar-refractivity contribution in [3.63, 3.8) is 0 Å². The van der Waals surface area contributed by atoms with Gasteiger partial charge >= 0.3 is 0 Å². The number of carbonyl (C=O) groups excluding carboxylic acids is 1. The summed E-state index contributed by atoms with van der Waals surface area (Å²) in [4.78, 5) is 15.1. The second kappa shape index (κ2) is 11.2. The van der Waals surface area contributed by atoms with Crippen LogP contribution in [0.25, 0.3) is 0 Å². The summed E-state index contributed by atoms with van der Waals surface area (Å²) in [5, 5.41) is 2.87. The van der Waals surface area contributed by atoms with Crippen LogP contribution in [-0.4, -0.2) is 64.8 Å². The smallest absolute Gasteiger partial charge is 0.251 e. The number of nitrogens with zero attached hydrogens (tertiary/aromatic N) is 1. The third kappa shape index (κ3) is 6.84. The molecular formula is C24H31N3O5S. The summed E-state index contributed by atoms with van der Waals surface area (Å²) in [6, 6.07) is 14.2. The number of ether oxygens (including phenoxy) is 2. The molecule has 2 heterocycles. The van der Waals surface area contributed by atoms with Gasteiger partial charge in [-0.3, -0.25) is 9.69 Å². The molecule has 0 spiro atoms. The van der Waals surface area contributed by atoms with Crippen LogP contribution in [0.2, 0.25) is 0 Å². The molecule has 9 heteroatoms. The van der Waals surface area contributed by atoms with Crippen molar-refractivity contribution in [2.24, 2.45) is 0 Å². The predicted molar refractivity (Wildman–Crippen MR) is 124 cm³/mol. The number of benzene rings is 2. The van der Waals surface area contributed by atoms with Crippen molar-refractivity contribution in [1.82, 2.24) is 14.9 Å². The zero-order valence-corrected chi connectivity index (χ0v) is 19.5. The minimum atomic E-state index is -3.71. The van der Waals surface area contributed by atoms with Crippen molar-refractivity contribution in [1.29, 1.82) is 0 Å². The molecule has 0 radical (unpaired) electrons. The van der Waals surface area contributed by atoms with Gasteiger partial charge in [-0.25, -0.2) is 13.1 Å². The second-order valence-electron chi connectivity index (χ2n) is 8.40. The molecular weight excluding hydrogens is 442 g/mol. The first-order chi connectivity index (χ1) is 16.0.